The molecule has 0 aromatic heterocycles. The number of guanidine groups is 1. The topological polar surface area (TPSA) is 44.9 Å². The molecule has 21 heavy (non-hydrogen) atoms. The first kappa shape index (κ1) is 14.7. The molecule has 2 heterocycles. The lowest BCUT2D eigenvalue weighted by atomic mass is 10.0. The summed E-state index contributed by atoms with van der Waals surface area (Å²) in [5.74, 6) is 3.06. The molecule has 4 nitrogen and oxygen atoms in total. The number of nitrogens with two attached hydrogens (primary N) is 1. The van der Waals surface area contributed by atoms with Crippen LogP contribution >= 0.6 is 11.8 Å². The van der Waals surface area contributed by atoms with E-state index in [-0.39, 0.29) is 0 Å². The van der Waals surface area contributed by atoms with Crippen LogP contribution < -0.4 is 5.73 Å². The van der Waals surface area contributed by atoms with Crippen LogP contribution in [-0.4, -0.2) is 60.0 Å². The normalized spacial score (nSPS) is 20.4. The lowest BCUT2D eigenvalue weighted by molar-refractivity contribution is 0.261. The molecule has 0 spiro atoms. The Morgan fingerprint density at radius 2 is 1.90 bits per heavy atom. The van der Waals surface area contributed by atoms with Crippen LogP contribution in [0.4, 0.5) is 0 Å². The molecule has 114 valence electrons. The Morgan fingerprint density at radius 3 is 2.71 bits per heavy atom. The van der Waals surface area contributed by atoms with Gasteiger partial charge in [0.25, 0.3) is 0 Å². The number of rotatable bonds is 3. The molecule has 0 aliphatic carbocycles. The molecule has 0 amide bonds. The zero-order valence-corrected chi connectivity index (χ0v) is 13.3. The molecule has 2 N–H and O–H groups in total. The zero-order valence-electron chi connectivity index (χ0n) is 12.5. The van der Waals surface area contributed by atoms with Crippen LogP contribution in [0.5, 0.6) is 0 Å². The van der Waals surface area contributed by atoms with Gasteiger partial charge in [-0.25, -0.2) is 0 Å². The third-order valence-electron chi connectivity index (χ3n) is 4.23. The molecule has 0 radical (unpaired) electrons. The second-order valence-electron chi connectivity index (χ2n) is 5.63. The monoisotopic (exact) mass is 304 g/mol. The fourth-order valence-electron chi connectivity index (χ4n) is 2.94. The van der Waals surface area contributed by atoms with Crippen LogP contribution in [0.3, 0.4) is 0 Å². The van der Waals surface area contributed by atoms with E-state index in [4.69, 9.17) is 5.73 Å². The van der Waals surface area contributed by atoms with E-state index in [9.17, 15) is 0 Å². The molecule has 1 aromatic rings. The molecule has 0 atom stereocenters. The number of thioether (sulfide) groups is 1. The largest absolute Gasteiger partial charge is 0.370 e. The first-order valence-electron chi connectivity index (χ1n) is 7.75. The minimum Gasteiger partial charge on any atom is -0.370 e. The van der Waals surface area contributed by atoms with Crippen LogP contribution in [0, 0.1) is 0 Å². The van der Waals surface area contributed by atoms with Crippen LogP contribution in [0.25, 0.3) is 0 Å². The zero-order chi connectivity index (χ0) is 14.5. The van der Waals surface area contributed by atoms with Crippen LogP contribution in [0.15, 0.2) is 29.3 Å². The number of hydrogen-bond acceptors (Lipinski definition) is 3. The molecule has 0 saturated carbocycles. The average Bonchev–Trinajstić information content (AvgIpc) is 2.55. The van der Waals surface area contributed by atoms with E-state index >= 15 is 0 Å². The Kier molecular flexibility index (Phi) is 5.04. The molecule has 3 rings (SSSR count). The predicted molar refractivity (Wildman–Crippen MR) is 90.8 cm³/mol. The van der Waals surface area contributed by atoms with E-state index in [1.165, 1.54) is 22.6 Å². The van der Waals surface area contributed by atoms with Gasteiger partial charge in [0.05, 0.1) is 6.54 Å². The number of benzene rings is 1. The highest BCUT2D eigenvalue weighted by molar-refractivity contribution is 7.99. The quantitative estimate of drug-likeness (QED) is 0.677. The fraction of sp³-hybridized carbons (Fsp3) is 0.562. The number of aliphatic imine (C=N–C) groups is 1. The lowest BCUT2D eigenvalue weighted by Crippen LogP contribution is -2.43. The Labute approximate surface area is 131 Å². The van der Waals surface area contributed by atoms with Crippen molar-refractivity contribution >= 4 is 17.7 Å². The summed E-state index contributed by atoms with van der Waals surface area (Å²) in [6.07, 6.45) is 1.15. The van der Waals surface area contributed by atoms with Crippen LogP contribution in [-0.2, 0) is 13.0 Å². The van der Waals surface area contributed by atoms with Crippen molar-refractivity contribution in [3.8, 4) is 0 Å². The standard InChI is InChI=1S/C16H24N4S/c17-16(20-9-11-21-12-10-20)18-6-8-19-7-5-14-3-1-2-4-15(14)13-19/h1-4H,5-13H2,(H2,17,18). The van der Waals surface area contributed by atoms with Gasteiger partial charge in [0.15, 0.2) is 5.96 Å². The fourth-order valence-corrected chi connectivity index (χ4v) is 3.85. The van der Waals surface area contributed by atoms with Gasteiger partial charge in [-0.05, 0) is 17.5 Å². The van der Waals surface area contributed by atoms with Gasteiger partial charge in [0.1, 0.15) is 0 Å². The highest BCUT2D eigenvalue weighted by Gasteiger charge is 2.15. The molecule has 1 saturated heterocycles. The van der Waals surface area contributed by atoms with E-state index in [0.717, 1.165) is 51.6 Å². The summed E-state index contributed by atoms with van der Waals surface area (Å²) >= 11 is 2.00. The van der Waals surface area contributed by atoms with E-state index < -0.39 is 0 Å². The molecular formula is C16H24N4S. The van der Waals surface area contributed by atoms with Crippen LogP contribution in [0.1, 0.15) is 11.1 Å². The number of hydrogen-bond donors (Lipinski definition) is 1. The molecule has 1 fully saturated rings. The molecular weight excluding hydrogens is 280 g/mol. The van der Waals surface area contributed by atoms with Gasteiger partial charge in [-0.1, -0.05) is 24.3 Å². The second kappa shape index (κ2) is 7.18. The summed E-state index contributed by atoms with van der Waals surface area (Å²) in [5, 5.41) is 0. The third-order valence-corrected chi connectivity index (χ3v) is 5.18. The van der Waals surface area contributed by atoms with Crippen molar-refractivity contribution in [2.75, 3.05) is 44.2 Å². The van der Waals surface area contributed by atoms with Gasteiger partial charge in [-0.2, -0.15) is 11.8 Å². The van der Waals surface area contributed by atoms with Crippen molar-refractivity contribution in [2.24, 2.45) is 10.7 Å². The summed E-state index contributed by atoms with van der Waals surface area (Å²) in [7, 11) is 0. The van der Waals surface area contributed by atoms with Gasteiger partial charge in [0.2, 0.25) is 0 Å². The van der Waals surface area contributed by atoms with Gasteiger partial charge in [-0.15, -0.1) is 0 Å². The first-order chi connectivity index (χ1) is 10.3. The maximum atomic E-state index is 6.09. The van der Waals surface area contributed by atoms with Crippen molar-refractivity contribution in [3.63, 3.8) is 0 Å². The van der Waals surface area contributed by atoms with Gasteiger partial charge >= 0.3 is 0 Å². The maximum absolute atomic E-state index is 6.09. The Bertz CT molecular complexity index is 497. The molecule has 2 aliphatic rings. The first-order valence-corrected chi connectivity index (χ1v) is 8.90. The van der Waals surface area contributed by atoms with Crippen molar-refractivity contribution in [3.05, 3.63) is 35.4 Å². The SMILES string of the molecule is NC(=NCCN1CCc2ccccc2C1)N1CCSCC1. The smallest absolute Gasteiger partial charge is 0.191 e. The summed E-state index contributed by atoms with van der Waals surface area (Å²) in [6.45, 7) is 6.06. The van der Waals surface area contributed by atoms with Gasteiger partial charge in [0, 0.05) is 44.2 Å². The number of fused-ring (bicyclic) bond motifs is 1. The van der Waals surface area contributed by atoms with Crippen LogP contribution in [0.2, 0.25) is 0 Å². The second-order valence-corrected chi connectivity index (χ2v) is 6.86. The van der Waals surface area contributed by atoms with Gasteiger partial charge in [-0.3, -0.25) is 9.89 Å². The van der Waals surface area contributed by atoms with E-state index in [0.29, 0.717) is 0 Å². The predicted octanol–water partition coefficient (Wildman–Crippen LogP) is 1.41. The Morgan fingerprint density at radius 1 is 1.14 bits per heavy atom. The van der Waals surface area contributed by atoms with E-state index in [1.54, 1.807) is 0 Å². The van der Waals surface area contributed by atoms with Gasteiger partial charge < -0.3 is 10.6 Å². The molecule has 0 unspecified atom stereocenters. The number of nitrogens with zero attached hydrogens (tertiary/aromatic N) is 3. The maximum Gasteiger partial charge on any atom is 0.191 e. The summed E-state index contributed by atoms with van der Waals surface area (Å²) in [6, 6.07) is 8.75. The van der Waals surface area contributed by atoms with Crippen molar-refractivity contribution in [2.45, 2.75) is 13.0 Å². The van der Waals surface area contributed by atoms with E-state index in [1.807, 2.05) is 11.8 Å². The minimum absolute atomic E-state index is 0.729. The van der Waals surface area contributed by atoms with Crippen molar-refractivity contribution in [1.82, 2.24) is 9.80 Å². The Balaban J connectivity index is 1.47. The summed E-state index contributed by atoms with van der Waals surface area (Å²) in [4.78, 5) is 9.25. The highest BCUT2D eigenvalue weighted by atomic mass is 32.2. The summed E-state index contributed by atoms with van der Waals surface area (Å²) in [5.41, 5.74) is 9.06. The molecule has 0 bridgehead atoms. The highest BCUT2D eigenvalue weighted by Crippen LogP contribution is 2.17. The Hall–Kier alpha value is -1.20. The third kappa shape index (κ3) is 3.92. The van der Waals surface area contributed by atoms with Crippen molar-refractivity contribution < 1.29 is 0 Å². The molecule has 5 heteroatoms. The average molecular weight is 304 g/mol. The minimum atomic E-state index is 0.729. The molecule has 2 aliphatic heterocycles. The van der Waals surface area contributed by atoms with Crippen molar-refractivity contribution in [1.29, 1.82) is 0 Å². The lowest BCUT2D eigenvalue weighted by Gasteiger charge is -2.29. The summed E-state index contributed by atoms with van der Waals surface area (Å²) < 4.78 is 0. The molecule has 1 aromatic carbocycles. The van der Waals surface area contributed by atoms with E-state index in [2.05, 4.69) is 39.1 Å².